The number of alkyl halides is 3. The summed E-state index contributed by atoms with van der Waals surface area (Å²) in [4.78, 5) is 40.8. The minimum atomic E-state index is -4.44. The first-order chi connectivity index (χ1) is 14.7. The van der Waals surface area contributed by atoms with Crippen LogP contribution < -0.4 is 5.32 Å². The van der Waals surface area contributed by atoms with Gasteiger partial charge in [-0.25, -0.2) is 4.79 Å². The Morgan fingerprint density at radius 2 is 1.77 bits per heavy atom. The molecule has 9 heteroatoms. The standard InChI is InChI=1S/C22H26F3N3O3/c23-22(24,25)17-7-5-6-15(10-17)12-27-13-16(11-18(27)29)14-28-19(30)21(26-20(28)31)8-3-1-2-4-9-21/h5-7,10,16H,1-4,8-9,11-14H2,(H,26,31). The van der Waals surface area contributed by atoms with Crippen molar-refractivity contribution in [3.8, 4) is 0 Å². The highest BCUT2D eigenvalue weighted by Gasteiger charge is 2.51. The Bertz CT molecular complexity index is 878. The molecular weight excluding hydrogens is 411 g/mol. The summed E-state index contributed by atoms with van der Waals surface area (Å²) < 4.78 is 38.8. The van der Waals surface area contributed by atoms with Gasteiger partial charge in [0.05, 0.1) is 5.56 Å². The first-order valence-corrected chi connectivity index (χ1v) is 10.8. The lowest BCUT2D eigenvalue weighted by molar-refractivity contribution is -0.137. The lowest BCUT2D eigenvalue weighted by Gasteiger charge is -2.25. The van der Waals surface area contributed by atoms with Gasteiger partial charge in [0.2, 0.25) is 5.91 Å². The van der Waals surface area contributed by atoms with Gasteiger partial charge in [0.25, 0.3) is 5.91 Å². The summed E-state index contributed by atoms with van der Waals surface area (Å²) in [5, 5.41) is 2.90. The van der Waals surface area contributed by atoms with Crippen LogP contribution in [0.5, 0.6) is 0 Å². The Morgan fingerprint density at radius 3 is 2.45 bits per heavy atom. The minimum absolute atomic E-state index is 0.0728. The predicted octanol–water partition coefficient (Wildman–Crippen LogP) is 3.70. The first kappa shape index (κ1) is 21.6. The highest BCUT2D eigenvalue weighted by atomic mass is 19.4. The number of carbonyl (C=O) groups excluding carboxylic acids is 3. The SMILES string of the molecule is O=C1CC(CN2C(=O)NC3(CCCCCC3)C2=O)CN1Cc1cccc(C(F)(F)F)c1. The molecule has 168 valence electrons. The quantitative estimate of drug-likeness (QED) is 0.731. The van der Waals surface area contributed by atoms with Gasteiger partial charge >= 0.3 is 12.2 Å². The van der Waals surface area contributed by atoms with Crippen molar-refractivity contribution in [3.05, 3.63) is 35.4 Å². The number of hydrogen-bond donors (Lipinski definition) is 1. The van der Waals surface area contributed by atoms with Crippen molar-refractivity contribution >= 4 is 17.8 Å². The molecule has 1 unspecified atom stereocenters. The second kappa shape index (κ2) is 8.16. The van der Waals surface area contributed by atoms with Crippen LogP contribution in [0.25, 0.3) is 0 Å². The van der Waals surface area contributed by atoms with Crippen LogP contribution in [0.3, 0.4) is 0 Å². The zero-order valence-corrected chi connectivity index (χ0v) is 17.2. The molecule has 0 radical (unpaired) electrons. The Balaban J connectivity index is 1.40. The molecule has 3 aliphatic rings. The van der Waals surface area contributed by atoms with Gasteiger partial charge in [-0.2, -0.15) is 13.2 Å². The minimum Gasteiger partial charge on any atom is -0.338 e. The van der Waals surface area contributed by atoms with Crippen molar-refractivity contribution < 1.29 is 27.6 Å². The maximum atomic E-state index is 13.1. The number of carbonyl (C=O) groups is 3. The molecule has 1 atom stereocenters. The van der Waals surface area contributed by atoms with Gasteiger partial charge in [-0.3, -0.25) is 14.5 Å². The fraction of sp³-hybridized carbons (Fsp3) is 0.591. The molecule has 4 rings (SSSR count). The topological polar surface area (TPSA) is 69.7 Å². The smallest absolute Gasteiger partial charge is 0.338 e. The second-order valence-corrected chi connectivity index (χ2v) is 8.88. The Kier molecular flexibility index (Phi) is 5.70. The van der Waals surface area contributed by atoms with E-state index in [2.05, 4.69) is 5.32 Å². The summed E-state index contributed by atoms with van der Waals surface area (Å²) in [6.07, 6.45) is 0.894. The van der Waals surface area contributed by atoms with Crippen molar-refractivity contribution in [2.24, 2.45) is 5.92 Å². The van der Waals surface area contributed by atoms with Crippen LogP contribution in [-0.2, 0) is 22.3 Å². The molecule has 3 fully saturated rings. The van der Waals surface area contributed by atoms with E-state index < -0.39 is 23.3 Å². The van der Waals surface area contributed by atoms with E-state index in [1.54, 1.807) is 6.07 Å². The average Bonchev–Trinajstić information content (AvgIpc) is 3.03. The number of hydrogen-bond acceptors (Lipinski definition) is 3. The normalized spacial score (nSPS) is 24.1. The molecule has 2 heterocycles. The van der Waals surface area contributed by atoms with Gasteiger partial charge in [-0.1, -0.05) is 37.8 Å². The van der Waals surface area contributed by atoms with E-state index in [0.29, 0.717) is 24.9 Å². The molecule has 6 nitrogen and oxygen atoms in total. The molecule has 1 N–H and O–H groups in total. The number of halogens is 3. The summed E-state index contributed by atoms with van der Waals surface area (Å²) in [6.45, 7) is 0.527. The summed E-state index contributed by atoms with van der Waals surface area (Å²) >= 11 is 0. The Morgan fingerprint density at radius 1 is 1.06 bits per heavy atom. The molecule has 0 bridgehead atoms. The van der Waals surface area contributed by atoms with Crippen molar-refractivity contribution in [1.29, 1.82) is 0 Å². The van der Waals surface area contributed by atoms with Crippen molar-refractivity contribution in [3.63, 3.8) is 0 Å². The molecule has 0 aromatic heterocycles. The largest absolute Gasteiger partial charge is 0.416 e. The molecule has 31 heavy (non-hydrogen) atoms. The third-order valence-electron chi connectivity index (χ3n) is 6.57. The molecule has 4 amide bonds. The number of urea groups is 1. The number of benzene rings is 1. The van der Waals surface area contributed by atoms with Gasteiger partial charge in [-0.05, 0) is 30.5 Å². The number of nitrogens with one attached hydrogen (secondary N) is 1. The van der Waals surface area contributed by atoms with Crippen LogP contribution in [0.2, 0.25) is 0 Å². The number of imide groups is 1. The van der Waals surface area contributed by atoms with Crippen LogP contribution in [0, 0.1) is 5.92 Å². The third-order valence-corrected chi connectivity index (χ3v) is 6.57. The zero-order chi connectivity index (χ0) is 22.2. The molecule has 2 saturated heterocycles. The van der Waals surface area contributed by atoms with E-state index in [0.717, 1.165) is 37.8 Å². The number of amides is 4. The zero-order valence-electron chi connectivity index (χ0n) is 17.2. The molecule has 1 saturated carbocycles. The molecule has 1 aromatic carbocycles. The second-order valence-electron chi connectivity index (χ2n) is 8.88. The van der Waals surface area contributed by atoms with Gasteiger partial charge in [0, 0.05) is 32.0 Å². The molecule has 1 aliphatic carbocycles. The van der Waals surface area contributed by atoms with E-state index in [4.69, 9.17) is 0 Å². The highest BCUT2D eigenvalue weighted by molar-refractivity contribution is 6.07. The number of nitrogens with zero attached hydrogens (tertiary/aromatic N) is 2. The van der Waals surface area contributed by atoms with Gasteiger partial charge in [0.15, 0.2) is 0 Å². The lowest BCUT2D eigenvalue weighted by Crippen LogP contribution is -2.46. The summed E-state index contributed by atoms with van der Waals surface area (Å²) in [6, 6.07) is 4.53. The van der Waals surface area contributed by atoms with Crippen LogP contribution in [0.1, 0.15) is 56.1 Å². The average molecular weight is 437 g/mol. The summed E-state index contributed by atoms with van der Waals surface area (Å²) in [7, 11) is 0. The van der Waals surface area contributed by atoms with Crippen LogP contribution in [-0.4, -0.2) is 46.3 Å². The first-order valence-electron chi connectivity index (χ1n) is 10.8. The highest BCUT2D eigenvalue weighted by Crippen LogP contribution is 2.34. The fourth-order valence-corrected chi connectivity index (χ4v) is 4.97. The van der Waals surface area contributed by atoms with Crippen molar-refractivity contribution in [1.82, 2.24) is 15.1 Å². The number of likely N-dealkylation sites (tertiary alicyclic amines) is 1. The lowest BCUT2D eigenvalue weighted by atomic mass is 9.90. The van der Waals surface area contributed by atoms with E-state index >= 15 is 0 Å². The third kappa shape index (κ3) is 4.41. The number of rotatable bonds is 4. The molecule has 1 aromatic rings. The Hall–Kier alpha value is -2.58. The maximum Gasteiger partial charge on any atom is 0.416 e. The van der Waals surface area contributed by atoms with Crippen LogP contribution in [0.15, 0.2) is 24.3 Å². The van der Waals surface area contributed by atoms with Gasteiger partial charge in [-0.15, -0.1) is 0 Å². The predicted molar refractivity (Wildman–Crippen MR) is 106 cm³/mol. The molecule has 1 spiro atoms. The van der Waals surface area contributed by atoms with Crippen LogP contribution in [0.4, 0.5) is 18.0 Å². The van der Waals surface area contributed by atoms with Gasteiger partial charge < -0.3 is 10.2 Å². The van der Waals surface area contributed by atoms with Gasteiger partial charge in [0.1, 0.15) is 5.54 Å². The van der Waals surface area contributed by atoms with E-state index in [1.165, 1.54) is 15.9 Å². The Labute approximate surface area is 178 Å². The molecular formula is C22H26F3N3O3. The van der Waals surface area contributed by atoms with E-state index in [-0.39, 0.29) is 37.2 Å². The van der Waals surface area contributed by atoms with Crippen molar-refractivity contribution in [2.45, 2.75) is 63.2 Å². The van der Waals surface area contributed by atoms with E-state index in [9.17, 15) is 27.6 Å². The van der Waals surface area contributed by atoms with Crippen molar-refractivity contribution in [2.75, 3.05) is 13.1 Å². The summed E-state index contributed by atoms with van der Waals surface area (Å²) in [5.74, 6) is -0.615. The maximum absolute atomic E-state index is 13.1. The van der Waals surface area contributed by atoms with E-state index in [1.807, 2.05) is 0 Å². The monoisotopic (exact) mass is 437 g/mol. The fourth-order valence-electron chi connectivity index (χ4n) is 4.97. The summed E-state index contributed by atoms with van der Waals surface area (Å²) in [5.41, 5.74) is -1.16. The molecule has 2 aliphatic heterocycles. The van der Waals surface area contributed by atoms with Crippen LogP contribution >= 0.6 is 0 Å².